The van der Waals surface area contributed by atoms with Gasteiger partial charge in [-0.15, -0.1) is 18.3 Å². The van der Waals surface area contributed by atoms with Crippen LogP contribution in [-0.4, -0.2) is 28.0 Å². The summed E-state index contributed by atoms with van der Waals surface area (Å²) in [6, 6.07) is 0. The van der Waals surface area contributed by atoms with E-state index >= 15 is 0 Å². The molecule has 0 saturated carbocycles. The van der Waals surface area contributed by atoms with Crippen LogP contribution in [0, 0.1) is 0 Å². The zero-order valence-corrected chi connectivity index (χ0v) is 7.16. The van der Waals surface area contributed by atoms with E-state index in [1.807, 2.05) is 0 Å². The minimum Gasteiger partial charge on any atom is -0.381 e. The van der Waals surface area contributed by atoms with Gasteiger partial charge in [-0.3, -0.25) is 4.74 Å². The molecule has 0 aliphatic carbocycles. The molecule has 8 heteroatoms. The number of aromatic nitrogens is 3. The van der Waals surface area contributed by atoms with Crippen LogP contribution in [0.2, 0.25) is 0 Å². The monoisotopic (exact) mass is 210 g/mol. The molecule has 0 bridgehead atoms. The largest absolute Gasteiger partial charge is 0.522 e. The number of anilines is 1. The highest BCUT2D eigenvalue weighted by Gasteiger charge is 2.28. The highest BCUT2D eigenvalue weighted by Crippen LogP contribution is 2.16. The van der Waals surface area contributed by atoms with Crippen molar-refractivity contribution < 1.29 is 17.9 Å². The third-order valence-electron chi connectivity index (χ3n) is 1.32. The fraction of sp³-hybridized carbons (Fsp3) is 0.667. The van der Waals surface area contributed by atoms with Gasteiger partial charge in [-0.25, -0.2) is 0 Å². The molecule has 80 valence electrons. The van der Waals surface area contributed by atoms with Crippen LogP contribution in [0.4, 0.5) is 19.0 Å². The normalized spacial score (nSPS) is 11.9. The first-order valence-electron chi connectivity index (χ1n) is 3.84. The van der Waals surface area contributed by atoms with E-state index in [0.29, 0.717) is 0 Å². The van der Waals surface area contributed by atoms with Gasteiger partial charge in [-0.1, -0.05) is 0 Å². The number of aryl methyl sites for hydroxylation is 1. The standard InChI is InChI=1S/C6H9F3N4O/c7-6(8,9)14-3-1-2-13-11-4-5(10)12-13/h4H,1-3H2,(H2,10,12). The minimum atomic E-state index is -4.57. The molecule has 0 spiro atoms. The molecule has 1 aromatic heterocycles. The molecule has 2 N–H and O–H groups in total. The summed E-state index contributed by atoms with van der Waals surface area (Å²) in [5, 5.41) is 7.38. The summed E-state index contributed by atoms with van der Waals surface area (Å²) < 4.78 is 38.1. The number of ether oxygens (including phenoxy) is 1. The molecule has 1 rings (SSSR count). The van der Waals surface area contributed by atoms with Crippen molar-refractivity contribution >= 4 is 5.82 Å². The Hall–Kier alpha value is -1.31. The van der Waals surface area contributed by atoms with Crippen molar-refractivity contribution in [1.82, 2.24) is 15.0 Å². The van der Waals surface area contributed by atoms with Crippen molar-refractivity contribution in [3.63, 3.8) is 0 Å². The summed E-state index contributed by atoms with van der Waals surface area (Å²) >= 11 is 0. The van der Waals surface area contributed by atoms with E-state index in [1.165, 1.54) is 11.0 Å². The lowest BCUT2D eigenvalue weighted by Gasteiger charge is -2.06. The summed E-state index contributed by atoms with van der Waals surface area (Å²) in [4.78, 5) is 1.22. The number of alkyl halides is 3. The first kappa shape index (κ1) is 10.8. The topological polar surface area (TPSA) is 66.0 Å². The average molecular weight is 210 g/mol. The maximum absolute atomic E-state index is 11.5. The van der Waals surface area contributed by atoms with E-state index in [4.69, 9.17) is 5.73 Å². The van der Waals surface area contributed by atoms with Gasteiger partial charge >= 0.3 is 6.36 Å². The van der Waals surface area contributed by atoms with Crippen LogP contribution in [0.15, 0.2) is 6.20 Å². The van der Waals surface area contributed by atoms with Crippen LogP contribution in [0.5, 0.6) is 0 Å². The molecule has 0 aliphatic rings. The van der Waals surface area contributed by atoms with E-state index in [2.05, 4.69) is 14.9 Å². The molecule has 1 aromatic rings. The fourth-order valence-corrected chi connectivity index (χ4v) is 0.812. The van der Waals surface area contributed by atoms with Crippen LogP contribution >= 0.6 is 0 Å². The highest BCUT2D eigenvalue weighted by molar-refractivity contribution is 5.19. The lowest BCUT2D eigenvalue weighted by atomic mass is 10.5. The Morgan fingerprint density at radius 2 is 2.21 bits per heavy atom. The van der Waals surface area contributed by atoms with Gasteiger partial charge in [0.2, 0.25) is 0 Å². The van der Waals surface area contributed by atoms with Crippen LogP contribution in [-0.2, 0) is 11.3 Å². The second-order valence-corrected chi connectivity index (χ2v) is 2.51. The first-order valence-corrected chi connectivity index (χ1v) is 3.84. The molecule has 0 aromatic carbocycles. The number of halogens is 3. The molecule has 0 unspecified atom stereocenters. The molecule has 0 amide bonds. The van der Waals surface area contributed by atoms with Crippen LogP contribution in [0.3, 0.4) is 0 Å². The Morgan fingerprint density at radius 3 is 2.71 bits per heavy atom. The number of hydrogen-bond donors (Lipinski definition) is 1. The van der Waals surface area contributed by atoms with E-state index in [1.54, 1.807) is 0 Å². The van der Waals surface area contributed by atoms with Gasteiger partial charge in [0.1, 0.15) is 0 Å². The van der Waals surface area contributed by atoms with Gasteiger partial charge in [0.05, 0.1) is 19.3 Å². The number of nitrogens with two attached hydrogens (primary N) is 1. The second-order valence-electron chi connectivity index (χ2n) is 2.51. The number of nitrogen functional groups attached to an aromatic ring is 1. The molecule has 0 atom stereocenters. The van der Waals surface area contributed by atoms with Crippen molar-refractivity contribution in [1.29, 1.82) is 0 Å². The molecule has 14 heavy (non-hydrogen) atoms. The van der Waals surface area contributed by atoms with Gasteiger partial charge < -0.3 is 5.73 Å². The predicted molar refractivity (Wildman–Crippen MR) is 41.1 cm³/mol. The van der Waals surface area contributed by atoms with Crippen LogP contribution in [0.1, 0.15) is 6.42 Å². The van der Waals surface area contributed by atoms with E-state index in [-0.39, 0.29) is 18.8 Å². The number of hydrogen-bond acceptors (Lipinski definition) is 4. The van der Waals surface area contributed by atoms with Gasteiger partial charge in [0.15, 0.2) is 5.82 Å². The molecular weight excluding hydrogens is 201 g/mol. The average Bonchev–Trinajstić information content (AvgIpc) is 2.44. The molecule has 0 radical (unpaired) electrons. The molecule has 0 aliphatic heterocycles. The van der Waals surface area contributed by atoms with Crippen molar-refractivity contribution in [3.8, 4) is 0 Å². The third-order valence-corrected chi connectivity index (χ3v) is 1.32. The summed E-state index contributed by atoms with van der Waals surface area (Å²) in [5.41, 5.74) is 5.25. The summed E-state index contributed by atoms with van der Waals surface area (Å²) in [6.07, 6.45) is -3.07. The van der Waals surface area contributed by atoms with E-state index in [0.717, 1.165) is 0 Å². The third kappa shape index (κ3) is 4.08. The summed E-state index contributed by atoms with van der Waals surface area (Å²) in [6.45, 7) is -0.168. The van der Waals surface area contributed by atoms with Crippen molar-refractivity contribution in [3.05, 3.63) is 6.20 Å². The van der Waals surface area contributed by atoms with Gasteiger partial charge in [-0.2, -0.15) is 9.90 Å². The second kappa shape index (κ2) is 4.27. The maximum atomic E-state index is 11.5. The Labute approximate surface area is 77.6 Å². The SMILES string of the molecule is Nc1cnn(CCCOC(F)(F)F)n1. The molecular formula is C6H9F3N4O. The van der Waals surface area contributed by atoms with Crippen LogP contribution in [0.25, 0.3) is 0 Å². The number of nitrogens with zero attached hydrogens (tertiary/aromatic N) is 3. The molecule has 0 fully saturated rings. The van der Waals surface area contributed by atoms with E-state index < -0.39 is 13.0 Å². The van der Waals surface area contributed by atoms with Crippen molar-refractivity contribution in [2.75, 3.05) is 12.3 Å². The van der Waals surface area contributed by atoms with Gasteiger partial charge in [0, 0.05) is 0 Å². The zero-order chi connectivity index (χ0) is 10.6. The fourth-order valence-electron chi connectivity index (χ4n) is 0.812. The van der Waals surface area contributed by atoms with E-state index in [9.17, 15) is 13.2 Å². The van der Waals surface area contributed by atoms with Crippen molar-refractivity contribution in [2.24, 2.45) is 0 Å². The lowest BCUT2D eigenvalue weighted by molar-refractivity contribution is -0.324. The van der Waals surface area contributed by atoms with Gasteiger partial charge in [0.25, 0.3) is 0 Å². The van der Waals surface area contributed by atoms with Crippen molar-refractivity contribution in [2.45, 2.75) is 19.3 Å². The first-order chi connectivity index (χ1) is 6.47. The summed E-state index contributed by atoms with van der Waals surface area (Å²) in [5.74, 6) is 0.238. The molecule has 0 saturated heterocycles. The quantitative estimate of drug-likeness (QED) is 0.746. The molecule has 5 nitrogen and oxygen atoms in total. The van der Waals surface area contributed by atoms with Crippen LogP contribution < -0.4 is 5.73 Å². The zero-order valence-electron chi connectivity index (χ0n) is 7.16. The Balaban J connectivity index is 2.16. The predicted octanol–water partition coefficient (Wildman–Crippen LogP) is 0.787. The maximum Gasteiger partial charge on any atom is 0.522 e. The lowest BCUT2D eigenvalue weighted by Crippen LogP contribution is -2.15. The Bertz CT molecular complexity index is 285. The Morgan fingerprint density at radius 1 is 1.50 bits per heavy atom. The molecule has 1 heterocycles. The van der Waals surface area contributed by atoms with Gasteiger partial charge in [-0.05, 0) is 6.42 Å². The Kier molecular flexibility index (Phi) is 3.28. The smallest absolute Gasteiger partial charge is 0.381 e. The number of rotatable bonds is 4. The summed E-state index contributed by atoms with van der Waals surface area (Å²) in [7, 11) is 0. The highest BCUT2D eigenvalue weighted by atomic mass is 19.4. The minimum absolute atomic E-state index is 0.174.